The average molecular weight is 541 g/mol. The van der Waals surface area contributed by atoms with E-state index in [4.69, 9.17) is 22.2 Å². The molecule has 0 aliphatic rings. The molecule has 0 bridgehead atoms. The lowest BCUT2D eigenvalue weighted by Gasteiger charge is -2.20. The summed E-state index contributed by atoms with van der Waals surface area (Å²) in [4.78, 5) is 0. The van der Waals surface area contributed by atoms with Crippen LogP contribution >= 0.6 is 0 Å². The van der Waals surface area contributed by atoms with Crippen LogP contribution in [0.25, 0.3) is 87.3 Å². The second-order valence-electron chi connectivity index (χ2n) is 9.30. The van der Waals surface area contributed by atoms with Gasteiger partial charge in [-0.3, -0.25) is 0 Å². The van der Waals surface area contributed by atoms with Crippen LogP contribution < -0.4 is 0 Å². The van der Waals surface area contributed by atoms with Crippen LogP contribution in [0.1, 0.15) is 27.4 Å². The normalized spacial score (nSPS) is 18.7. The van der Waals surface area contributed by atoms with Crippen LogP contribution in [0.15, 0.2) is 150 Å². The number of fused-ring (bicyclic) bond motifs is 8. The Labute approximate surface area is 265 Å². The lowest BCUT2D eigenvalue weighted by Crippen LogP contribution is -1.92. The molecule has 0 unspecified atom stereocenters. The van der Waals surface area contributed by atoms with Gasteiger partial charge in [-0.05, 0) is 83.5 Å². The lowest BCUT2D eigenvalue weighted by atomic mass is 9.83. The third-order valence-electron chi connectivity index (χ3n) is 7.21. The van der Waals surface area contributed by atoms with Gasteiger partial charge in [0.15, 0.2) is 0 Å². The molecule has 0 aliphatic heterocycles. The fraction of sp³-hybridized carbons (Fsp3) is 0. The van der Waals surface area contributed by atoms with Gasteiger partial charge < -0.3 is 4.42 Å². The zero-order chi connectivity index (χ0) is 44.3. The predicted molar refractivity (Wildman–Crippen MR) is 175 cm³/mol. The predicted octanol–water partition coefficient (Wildman–Crippen LogP) is 11.5. The summed E-state index contributed by atoms with van der Waals surface area (Å²) < 4.78 is 186. The van der Waals surface area contributed by atoms with Crippen LogP contribution in [0.5, 0.6) is 0 Å². The van der Waals surface area contributed by atoms with E-state index in [-0.39, 0.29) is 27.7 Å². The van der Waals surface area contributed by atoms with Gasteiger partial charge in [0.25, 0.3) is 0 Å². The average Bonchev–Trinajstić information content (AvgIpc) is 3.63. The summed E-state index contributed by atoms with van der Waals surface area (Å²) >= 11 is 0. The van der Waals surface area contributed by atoms with Gasteiger partial charge in [-0.1, -0.05) is 127 Å². The lowest BCUT2D eigenvalue weighted by molar-refractivity contribution is 0.669. The molecule has 41 heavy (non-hydrogen) atoms. The smallest absolute Gasteiger partial charge is 0.136 e. The van der Waals surface area contributed by atoms with Crippen molar-refractivity contribution in [2.75, 3.05) is 0 Å². The number of hydrogen-bond donors (Lipinski definition) is 0. The first-order valence-electron chi connectivity index (χ1n) is 22.5. The molecular weight excluding hydrogens is 496 g/mol. The van der Waals surface area contributed by atoms with Crippen molar-refractivity contribution in [1.29, 1.82) is 0 Å². The minimum atomic E-state index is -0.863. The summed E-state index contributed by atoms with van der Waals surface area (Å²) in [5, 5.41) is -3.78. The van der Waals surface area contributed by atoms with E-state index >= 15 is 0 Å². The van der Waals surface area contributed by atoms with Crippen molar-refractivity contribution >= 4 is 65.0 Å². The maximum absolute atomic E-state index is 9.75. The van der Waals surface area contributed by atoms with Crippen LogP contribution in [-0.4, -0.2) is 0 Å². The van der Waals surface area contributed by atoms with E-state index in [2.05, 4.69) is 0 Å². The van der Waals surface area contributed by atoms with E-state index in [9.17, 15) is 9.60 Å². The molecule has 0 aliphatic carbocycles. The summed E-state index contributed by atoms with van der Waals surface area (Å²) in [5.41, 5.74) is -1.82. The molecule has 0 amide bonds. The van der Waals surface area contributed by atoms with Crippen molar-refractivity contribution in [3.05, 3.63) is 145 Å². The Hall–Kier alpha value is -5.40. The highest BCUT2D eigenvalue weighted by molar-refractivity contribution is 6.28. The Morgan fingerprint density at radius 2 is 0.976 bits per heavy atom. The largest absolute Gasteiger partial charge is 0.456 e. The zero-order valence-electron chi connectivity index (χ0n) is 40.7. The second kappa shape index (κ2) is 8.55. The number of para-hydroxylation sites is 1. The zero-order valence-corrected chi connectivity index (χ0v) is 20.7. The highest BCUT2D eigenvalue weighted by atomic mass is 16.3. The number of hydrogen-bond acceptors (Lipinski definition) is 1. The third kappa shape index (κ3) is 3.18. The fourth-order valence-electron chi connectivity index (χ4n) is 5.56. The Bertz CT molecular complexity index is 3510. The molecule has 0 saturated heterocycles. The van der Waals surface area contributed by atoms with Gasteiger partial charge in [0.05, 0.1) is 27.4 Å². The van der Waals surface area contributed by atoms with E-state index in [0.717, 1.165) is 0 Å². The molecule has 0 saturated carbocycles. The van der Waals surface area contributed by atoms with E-state index in [1.54, 1.807) is 24.3 Å². The number of rotatable bonds is 2. The Kier molecular flexibility index (Phi) is 2.20. The molecular formula is C40H24O. The molecule has 1 heteroatoms. The standard InChI is InChI=1S/C40H24O/c1-2-13-26-25(12-1)24-35(28-15-4-3-14-27(26)28)39-31-18-7-5-16-29(31)38(30-17-6-8-19-32(30)39)34-21-11-23-37-40(34)33-20-9-10-22-36(33)41-37/h1-24H/i1D,2D,3D,4D,5D,6D,7D,8D,11D,12D,13D,14D,15D,16D,17D,18D,19D,21D,23D,24D. The molecule has 0 spiro atoms. The molecule has 190 valence electrons. The van der Waals surface area contributed by atoms with Gasteiger partial charge in [-0.15, -0.1) is 0 Å². The molecule has 9 aromatic rings. The van der Waals surface area contributed by atoms with Gasteiger partial charge in [0, 0.05) is 10.8 Å². The van der Waals surface area contributed by atoms with Crippen LogP contribution in [0.2, 0.25) is 0 Å². The Balaban J connectivity index is 1.73. The maximum atomic E-state index is 9.75. The quantitative estimate of drug-likeness (QED) is 0.157. The molecule has 8 aromatic carbocycles. The fourth-order valence-corrected chi connectivity index (χ4v) is 5.56. The number of furan rings is 1. The Morgan fingerprint density at radius 1 is 0.415 bits per heavy atom. The van der Waals surface area contributed by atoms with Gasteiger partial charge in [-0.25, -0.2) is 0 Å². The topological polar surface area (TPSA) is 13.1 Å². The van der Waals surface area contributed by atoms with Crippen LogP contribution in [0.4, 0.5) is 0 Å². The van der Waals surface area contributed by atoms with Gasteiger partial charge in [-0.2, -0.15) is 0 Å². The van der Waals surface area contributed by atoms with Crippen LogP contribution in [0.3, 0.4) is 0 Å². The molecule has 0 radical (unpaired) electrons. The molecule has 1 nitrogen and oxygen atoms in total. The van der Waals surface area contributed by atoms with E-state index < -0.39 is 175 Å². The van der Waals surface area contributed by atoms with Crippen molar-refractivity contribution in [3.63, 3.8) is 0 Å². The highest BCUT2D eigenvalue weighted by Crippen LogP contribution is 2.48. The minimum absolute atomic E-state index is 0.0132. The summed E-state index contributed by atoms with van der Waals surface area (Å²) in [6, 6.07) is -9.36. The van der Waals surface area contributed by atoms with Crippen molar-refractivity contribution in [1.82, 2.24) is 0 Å². The van der Waals surface area contributed by atoms with Crippen molar-refractivity contribution in [2.45, 2.75) is 0 Å². The van der Waals surface area contributed by atoms with Crippen molar-refractivity contribution in [3.8, 4) is 22.3 Å². The molecule has 9 rings (SSSR count). The molecule has 0 fully saturated rings. The number of benzene rings is 8. The van der Waals surface area contributed by atoms with Crippen LogP contribution in [0, 0.1) is 0 Å². The van der Waals surface area contributed by atoms with Gasteiger partial charge >= 0.3 is 0 Å². The highest BCUT2D eigenvalue weighted by Gasteiger charge is 2.21. The van der Waals surface area contributed by atoms with Crippen molar-refractivity contribution < 1.29 is 31.8 Å². The summed E-state index contributed by atoms with van der Waals surface area (Å²) in [5.74, 6) is 0. The molecule has 0 atom stereocenters. The molecule has 1 heterocycles. The summed E-state index contributed by atoms with van der Waals surface area (Å²) in [7, 11) is 0. The molecule has 0 N–H and O–H groups in total. The van der Waals surface area contributed by atoms with E-state index in [0.29, 0.717) is 5.39 Å². The second-order valence-corrected chi connectivity index (χ2v) is 9.30. The van der Waals surface area contributed by atoms with Gasteiger partial charge in [0.2, 0.25) is 0 Å². The third-order valence-corrected chi connectivity index (χ3v) is 7.21. The SMILES string of the molecule is [2H]c1c([2H])c(-c2c3c([2H])c([2H])c([2H])c([2H])c3c(-c3c([2H])c4c([2H])c([2H])c([2H])c([2H])c4c4c([2H])c([2H])c([2H])c([2H])c34)c3c([2H])c([2H])c([2H])c([2H])c23)c2c(oc3ccccc32)c1[2H]. The first-order chi connectivity index (χ1) is 28.7. The summed E-state index contributed by atoms with van der Waals surface area (Å²) in [6.07, 6.45) is 0. The first kappa shape index (κ1) is 10.5. The Morgan fingerprint density at radius 3 is 1.68 bits per heavy atom. The molecule has 1 aromatic heterocycles. The maximum Gasteiger partial charge on any atom is 0.136 e. The minimum Gasteiger partial charge on any atom is -0.456 e. The van der Waals surface area contributed by atoms with Crippen molar-refractivity contribution in [2.24, 2.45) is 0 Å². The monoisotopic (exact) mass is 540 g/mol. The van der Waals surface area contributed by atoms with Crippen LogP contribution in [-0.2, 0) is 0 Å². The van der Waals surface area contributed by atoms with Gasteiger partial charge in [0.1, 0.15) is 11.2 Å². The summed E-state index contributed by atoms with van der Waals surface area (Å²) in [6.45, 7) is 0. The first-order valence-corrected chi connectivity index (χ1v) is 12.5. The van der Waals surface area contributed by atoms with E-state index in [1.807, 2.05) is 0 Å². The van der Waals surface area contributed by atoms with E-state index in [1.165, 1.54) is 0 Å².